The number of piperazine rings is 1. The Bertz CT molecular complexity index is 1260. The molecule has 11 heteroatoms. The van der Waals surface area contributed by atoms with Crippen LogP contribution in [0.2, 0.25) is 0 Å². The van der Waals surface area contributed by atoms with Crippen molar-refractivity contribution in [3.63, 3.8) is 0 Å². The standard InChI is InChI=1S/C23H24N6.C2HF3O2/c24-15-17-4-3-5-18(14-17)16-28-10-12-29(13-11-28)23-22(25-19-8-9-19)26-20-6-1-2-7-21(20)27-23;3-2(4,5)1(6)7/h1-7,14,19H,8-13,16H2,(H,25,26);(H,6,7). The summed E-state index contributed by atoms with van der Waals surface area (Å²) in [7, 11) is 0. The van der Waals surface area contributed by atoms with Crippen molar-refractivity contribution in [2.75, 3.05) is 36.4 Å². The highest BCUT2D eigenvalue weighted by Crippen LogP contribution is 2.31. The van der Waals surface area contributed by atoms with Gasteiger partial charge < -0.3 is 15.3 Å². The summed E-state index contributed by atoms with van der Waals surface area (Å²) in [6.07, 6.45) is -2.66. The number of nitrogens with zero attached hydrogens (tertiary/aromatic N) is 5. The Kier molecular flexibility index (Phi) is 7.55. The molecule has 2 fully saturated rings. The molecule has 0 radical (unpaired) electrons. The van der Waals surface area contributed by atoms with Crippen LogP contribution in [0.5, 0.6) is 0 Å². The van der Waals surface area contributed by atoms with Crippen molar-refractivity contribution >= 4 is 28.6 Å². The molecule has 0 amide bonds. The fourth-order valence-electron chi connectivity index (χ4n) is 3.84. The minimum Gasteiger partial charge on any atom is -0.475 e. The Hall–Kier alpha value is -3.91. The van der Waals surface area contributed by atoms with Crippen LogP contribution in [-0.4, -0.2) is 64.3 Å². The van der Waals surface area contributed by atoms with Crippen LogP contribution in [-0.2, 0) is 11.3 Å². The molecule has 1 saturated heterocycles. The van der Waals surface area contributed by atoms with E-state index in [9.17, 15) is 13.2 Å². The van der Waals surface area contributed by atoms with Crippen LogP contribution < -0.4 is 10.2 Å². The van der Waals surface area contributed by atoms with Crippen LogP contribution in [0.25, 0.3) is 11.0 Å². The van der Waals surface area contributed by atoms with E-state index >= 15 is 0 Å². The molecule has 0 unspecified atom stereocenters. The Morgan fingerprint density at radius 3 is 2.28 bits per heavy atom. The Labute approximate surface area is 206 Å². The molecule has 5 rings (SSSR count). The van der Waals surface area contributed by atoms with Crippen molar-refractivity contribution in [2.24, 2.45) is 0 Å². The molecule has 2 heterocycles. The number of aromatic nitrogens is 2. The topological polar surface area (TPSA) is 105 Å². The van der Waals surface area contributed by atoms with Gasteiger partial charge in [0.25, 0.3) is 0 Å². The molecule has 2 N–H and O–H groups in total. The van der Waals surface area contributed by atoms with Crippen LogP contribution in [0.1, 0.15) is 24.0 Å². The average molecular weight is 499 g/mol. The number of hydrogen-bond donors (Lipinski definition) is 2. The van der Waals surface area contributed by atoms with E-state index in [0.29, 0.717) is 6.04 Å². The van der Waals surface area contributed by atoms with Gasteiger partial charge in [0.1, 0.15) is 0 Å². The predicted octanol–water partition coefficient (Wildman–Crippen LogP) is 4.03. The second kappa shape index (κ2) is 10.8. The molecule has 1 aromatic heterocycles. The Balaban J connectivity index is 0.000000384. The number of anilines is 2. The summed E-state index contributed by atoms with van der Waals surface area (Å²) in [6.45, 7) is 4.65. The molecule has 0 atom stereocenters. The lowest BCUT2D eigenvalue weighted by Crippen LogP contribution is -2.46. The van der Waals surface area contributed by atoms with Crippen LogP contribution in [0.3, 0.4) is 0 Å². The van der Waals surface area contributed by atoms with Gasteiger partial charge in [0, 0.05) is 38.8 Å². The summed E-state index contributed by atoms with van der Waals surface area (Å²) >= 11 is 0. The van der Waals surface area contributed by atoms with Crippen molar-refractivity contribution < 1.29 is 23.1 Å². The minimum atomic E-state index is -5.08. The lowest BCUT2D eigenvalue weighted by molar-refractivity contribution is -0.192. The van der Waals surface area contributed by atoms with Gasteiger partial charge in [-0.05, 0) is 42.7 Å². The first-order chi connectivity index (χ1) is 17.2. The molecule has 188 valence electrons. The average Bonchev–Trinajstić information content (AvgIpc) is 3.68. The number of para-hydroxylation sites is 2. The molecule has 8 nitrogen and oxygen atoms in total. The summed E-state index contributed by atoms with van der Waals surface area (Å²) in [5.74, 6) is -0.865. The van der Waals surface area contributed by atoms with Crippen LogP contribution >= 0.6 is 0 Å². The van der Waals surface area contributed by atoms with E-state index in [1.807, 2.05) is 42.5 Å². The number of carbonyl (C=O) groups is 1. The zero-order valence-electron chi connectivity index (χ0n) is 19.4. The zero-order valence-corrected chi connectivity index (χ0v) is 19.4. The van der Waals surface area contributed by atoms with Crippen molar-refractivity contribution in [3.8, 4) is 6.07 Å². The lowest BCUT2D eigenvalue weighted by Gasteiger charge is -2.36. The highest BCUT2D eigenvalue weighted by Gasteiger charge is 2.38. The maximum atomic E-state index is 10.6. The quantitative estimate of drug-likeness (QED) is 0.543. The Morgan fingerprint density at radius 1 is 1.06 bits per heavy atom. The van der Waals surface area contributed by atoms with Gasteiger partial charge in [-0.25, -0.2) is 14.8 Å². The monoisotopic (exact) mass is 498 g/mol. The van der Waals surface area contributed by atoms with Gasteiger partial charge in [0.15, 0.2) is 11.6 Å². The molecule has 0 bridgehead atoms. The summed E-state index contributed by atoms with van der Waals surface area (Å²) in [5.41, 5.74) is 3.80. The second-order valence-electron chi connectivity index (χ2n) is 8.68. The molecule has 36 heavy (non-hydrogen) atoms. The number of hydrogen-bond acceptors (Lipinski definition) is 7. The van der Waals surface area contributed by atoms with E-state index in [1.165, 1.54) is 18.4 Å². The van der Waals surface area contributed by atoms with Gasteiger partial charge in [-0.2, -0.15) is 18.4 Å². The summed E-state index contributed by atoms with van der Waals surface area (Å²) in [6, 6.07) is 18.8. The summed E-state index contributed by atoms with van der Waals surface area (Å²) < 4.78 is 31.7. The molecule has 2 aliphatic rings. The molecular formula is C25H25F3N6O2. The smallest absolute Gasteiger partial charge is 0.475 e. The third-order valence-corrected chi connectivity index (χ3v) is 5.85. The maximum absolute atomic E-state index is 10.6. The number of alkyl halides is 3. The molecule has 1 aliphatic heterocycles. The van der Waals surface area contributed by atoms with Gasteiger partial charge in [0.05, 0.1) is 22.7 Å². The van der Waals surface area contributed by atoms with Crippen molar-refractivity contribution in [1.82, 2.24) is 14.9 Å². The number of carboxylic acids is 1. The number of carboxylic acid groups (broad SMARTS) is 1. The van der Waals surface area contributed by atoms with Crippen molar-refractivity contribution in [2.45, 2.75) is 31.6 Å². The van der Waals surface area contributed by atoms with Crippen molar-refractivity contribution in [3.05, 3.63) is 59.7 Å². The fraction of sp³-hybridized carbons (Fsp3) is 0.360. The number of aliphatic carboxylic acids is 1. The highest BCUT2D eigenvalue weighted by molar-refractivity contribution is 5.80. The fourth-order valence-corrected chi connectivity index (χ4v) is 3.84. The largest absolute Gasteiger partial charge is 0.490 e. The van der Waals surface area contributed by atoms with Gasteiger partial charge in [-0.1, -0.05) is 24.3 Å². The predicted molar refractivity (Wildman–Crippen MR) is 129 cm³/mol. The van der Waals surface area contributed by atoms with E-state index in [1.54, 1.807) is 0 Å². The van der Waals surface area contributed by atoms with E-state index in [-0.39, 0.29) is 0 Å². The molecule has 2 aromatic carbocycles. The molecular weight excluding hydrogens is 473 g/mol. The van der Waals surface area contributed by atoms with Crippen molar-refractivity contribution in [1.29, 1.82) is 5.26 Å². The zero-order chi connectivity index (χ0) is 25.7. The molecule has 3 aromatic rings. The van der Waals surface area contributed by atoms with Gasteiger partial charge in [-0.3, -0.25) is 4.90 Å². The number of halogens is 3. The third kappa shape index (κ3) is 6.60. The number of rotatable bonds is 5. The number of nitriles is 1. The van der Waals surface area contributed by atoms with E-state index in [0.717, 1.165) is 61.0 Å². The highest BCUT2D eigenvalue weighted by atomic mass is 19.4. The summed E-state index contributed by atoms with van der Waals surface area (Å²) in [4.78, 5) is 23.5. The number of nitrogens with one attached hydrogen (secondary N) is 1. The number of benzene rings is 2. The Morgan fingerprint density at radius 2 is 1.69 bits per heavy atom. The first kappa shape index (κ1) is 25.2. The minimum absolute atomic E-state index is 0.540. The number of fused-ring (bicyclic) bond motifs is 1. The van der Waals surface area contributed by atoms with Gasteiger partial charge in [-0.15, -0.1) is 0 Å². The SMILES string of the molecule is N#Cc1cccc(CN2CCN(c3nc4ccccc4nc3NC3CC3)CC2)c1.O=C(O)C(F)(F)F. The molecule has 1 aliphatic carbocycles. The maximum Gasteiger partial charge on any atom is 0.490 e. The van der Waals surface area contributed by atoms with Crippen LogP contribution in [0.15, 0.2) is 48.5 Å². The van der Waals surface area contributed by atoms with E-state index in [4.69, 9.17) is 25.1 Å². The van der Waals surface area contributed by atoms with Crippen LogP contribution in [0, 0.1) is 11.3 Å². The first-order valence-electron chi connectivity index (χ1n) is 11.5. The normalized spacial score (nSPS) is 16.1. The second-order valence-corrected chi connectivity index (χ2v) is 8.68. The third-order valence-electron chi connectivity index (χ3n) is 5.85. The van der Waals surface area contributed by atoms with E-state index in [2.05, 4.69) is 27.3 Å². The van der Waals surface area contributed by atoms with Gasteiger partial charge in [0.2, 0.25) is 0 Å². The van der Waals surface area contributed by atoms with Crippen LogP contribution in [0.4, 0.5) is 24.8 Å². The van der Waals surface area contributed by atoms with E-state index < -0.39 is 12.1 Å². The molecule has 0 spiro atoms. The molecule has 1 saturated carbocycles. The first-order valence-corrected chi connectivity index (χ1v) is 11.5. The van der Waals surface area contributed by atoms with Gasteiger partial charge >= 0.3 is 12.1 Å². The summed E-state index contributed by atoms with van der Waals surface area (Å²) in [5, 5.41) is 19.8. The lowest BCUT2D eigenvalue weighted by atomic mass is 10.1.